The topological polar surface area (TPSA) is 92.7 Å². The summed E-state index contributed by atoms with van der Waals surface area (Å²) in [5, 5.41) is 0. The van der Waals surface area contributed by atoms with E-state index in [2.05, 4.69) is 34.9 Å². The lowest BCUT2D eigenvalue weighted by molar-refractivity contribution is -0.136. The fourth-order valence-corrected chi connectivity index (χ4v) is 6.41. The van der Waals surface area contributed by atoms with E-state index in [0.717, 1.165) is 70.5 Å². The molecular formula is C35H30N4O4. The second-order valence-corrected chi connectivity index (χ2v) is 11.4. The van der Waals surface area contributed by atoms with E-state index in [9.17, 15) is 9.59 Å². The van der Waals surface area contributed by atoms with Gasteiger partial charge in [0.15, 0.2) is 5.58 Å². The average molecular weight is 571 g/mol. The molecule has 0 N–H and O–H groups in total. The molecule has 3 aromatic carbocycles. The molecule has 0 spiro atoms. The molecule has 214 valence electrons. The Kier molecular flexibility index (Phi) is 6.48. The second-order valence-electron chi connectivity index (χ2n) is 11.4. The lowest BCUT2D eigenvalue weighted by Gasteiger charge is -2.24. The van der Waals surface area contributed by atoms with Crippen molar-refractivity contribution >= 4 is 23.3 Å². The number of likely N-dealkylation sites (N-methyl/N-ethyl adjacent to an activating group) is 1. The van der Waals surface area contributed by atoms with Gasteiger partial charge in [0.1, 0.15) is 23.3 Å². The molecule has 1 amide bonds. The van der Waals surface area contributed by atoms with Gasteiger partial charge < -0.3 is 13.7 Å². The molecule has 0 bridgehead atoms. The third kappa shape index (κ3) is 4.44. The summed E-state index contributed by atoms with van der Waals surface area (Å²) in [6.45, 7) is 5.99. The zero-order chi connectivity index (χ0) is 29.8. The number of nitrogens with zero attached hydrogens (tertiary/aromatic N) is 4. The molecule has 7 rings (SSSR count). The minimum Gasteiger partial charge on any atom is -0.439 e. The van der Waals surface area contributed by atoms with Crippen LogP contribution in [0.4, 0.5) is 0 Å². The summed E-state index contributed by atoms with van der Waals surface area (Å²) < 4.78 is 12.4. The van der Waals surface area contributed by atoms with Gasteiger partial charge in [0.2, 0.25) is 17.7 Å². The summed E-state index contributed by atoms with van der Waals surface area (Å²) >= 11 is 0. The highest BCUT2D eigenvalue weighted by Crippen LogP contribution is 2.39. The maximum Gasteiger partial charge on any atom is 0.240 e. The Balaban J connectivity index is 1.20. The predicted molar refractivity (Wildman–Crippen MR) is 163 cm³/mol. The predicted octanol–water partition coefficient (Wildman–Crippen LogP) is 6.16. The van der Waals surface area contributed by atoms with Crippen molar-refractivity contribution in [3.05, 3.63) is 82.2 Å². The number of fused-ring (bicyclic) bond motifs is 2. The fourth-order valence-electron chi connectivity index (χ4n) is 6.41. The summed E-state index contributed by atoms with van der Waals surface area (Å²) in [6, 6.07) is 15.4. The molecule has 5 aromatic rings. The van der Waals surface area contributed by atoms with E-state index in [-0.39, 0.29) is 11.9 Å². The highest BCUT2D eigenvalue weighted by Gasteiger charge is 2.36. The molecule has 2 aromatic heterocycles. The quantitative estimate of drug-likeness (QED) is 0.184. The number of aldehydes is 1. The number of carbonyl (C=O) groups is 2. The number of amides is 1. The number of hydrogen-bond donors (Lipinski definition) is 0. The van der Waals surface area contributed by atoms with Crippen LogP contribution in [0.1, 0.15) is 51.3 Å². The summed E-state index contributed by atoms with van der Waals surface area (Å²) in [5.41, 5.74) is 8.64. The summed E-state index contributed by atoms with van der Waals surface area (Å²) in [6.07, 6.45) is 8.39. The molecule has 43 heavy (non-hydrogen) atoms. The van der Waals surface area contributed by atoms with Crippen LogP contribution in [-0.4, -0.2) is 51.6 Å². The Labute approximate surface area is 249 Å². The van der Waals surface area contributed by atoms with Gasteiger partial charge in [-0.3, -0.25) is 14.5 Å². The highest BCUT2D eigenvalue weighted by molar-refractivity contribution is 5.90. The number of rotatable bonds is 5. The SMILES string of the molecule is C#Cc1cc(C=O)cc2nc(-c3cccc(-c4cccc(-c5nc6c(o5)CN(C(=O)[C@@H]5CCCN5C)C6)c4C)c3C)oc12. The minimum atomic E-state index is -0.0515. The smallest absolute Gasteiger partial charge is 0.240 e. The Bertz CT molecular complexity index is 1950. The van der Waals surface area contributed by atoms with Gasteiger partial charge in [-0.15, -0.1) is 6.42 Å². The Morgan fingerprint density at radius 2 is 1.65 bits per heavy atom. The molecular weight excluding hydrogens is 540 g/mol. The number of aromatic nitrogens is 2. The van der Waals surface area contributed by atoms with E-state index >= 15 is 0 Å². The number of benzene rings is 3. The Hall–Kier alpha value is -5.00. The summed E-state index contributed by atoms with van der Waals surface area (Å²) in [7, 11) is 2.01. The highest BCUT2D eigenvalue weighted by atomic mass is 16.4. The van der Waals surface area contributed by atoms with Crippen LogP contribution in [-0.2, 0) is 17.9 Å². The van der Waals surface area contributed by atoms with E-state index in [1.807, 2.05) is 43.1 Å². The molecule has 0 radical (unpaired) electrons. The van der Waals surface area contributed by atoms with Gasteiger partial charge in [0.05, 0.1) is 24.7 Å². The zero-order valence-corrected chi connectivity index (χ0v) is 24.3. The van der Waals surface area contributed by atoms with Crippen LogP contribution in [0.2, 0.25) is 0 Å². The van der Waals surface area contributed by atoms with E-state index in [0.29, 0.717) is 47.1 Å². The molecule has 2 aliphatic rings. The first kappa shape index (κ1) is 26.9. The third-order valence-corrected chi connectivity index (χ3v) is 8.79. The second kappa shape index (κ2) is 10.4. The normalized spacial score (nSPS) is 16.5. The number of likely N-dealkylation sites (tertiary alicyclic amines) is 1. The third-order valence-electron chi connectivity index (χ3n) is 8.79. The largest absolute Gasteiger partial charge is 0.439 e. The first-order valence-electron chi connectivity index (χ1n) is 14.4. The van der Waals surface area contributed by atoms with Gasteiger partial charge in [0.25, 0.3) is 0 Å². The van der Waals surface area contributed by atoms with Gasteiger partial charge in [-0.2, -0.15) is 0 Å². The standard InChI is InChI=1S/C35H30N4O4/c1-5-23-15-22(19-40)16-28-32(23)43-34(36-28)27-12-7-10-25(21(27)3)24-9-6-11-26(20(24)2)33-37-29-17-39(18-31(29)42-33)35(41)30-13-8-14-38(30)4/h1,6-7,9-12,15-16,19,30H,8,13-14,17-18H2,2-4H3/t30-/m0/s1. The monoisotopic (exact) mass is 570 g/mol. The van der Waals surface area contributed by atoms with Crippen molar-refractivity contribution in [2.45, 2.75) is 45.8 Å². The van der Waals surface area contributed by atoms with Crippen molar-refractivity contribution in [3.8, 4) is 46.4 Å². The first-order valence-corrected chi connectivity index (χ1v) is 14.4. The molecule has 2 aliphatic heterocycles. The van der Waals surface area contributed by atoms with Crippen molar-refractivity contribution in [2.24, 2.45) is 0 Å². The summed E-state index contributed by atoms with van der Waals surface area (Å²) in [5.74, 6) is 4.51. The van der Waals surface area contributed by atoms with Gasteiger partial charge >= 0.3 is 0 Å². The molecule has 1 saturated heterocycles. The van der Waals surface area contributed by atoms with E-state index in [4.69, 9.17) is 20.2 Å². The van der Waals surface area contributed by atoms with E-state index in [1.165, 1.54) is 0 Å². The Morgan fingerprint density at radius 1 is 0.977 bits per heavy atom. The van der Waals surface area contributed by atoms with Crippen molar-refractivity contribution in [1.82, 2.24) is 19.8 Å². The average Bonchev–Trinajstić information content (AvgIpc) is 3.80. The number of carbonyl (C=O) groups excluding carboxylic acids is 2. The zero-order valence-electron chi connectivity index (χ0n) is 24.3. The van der Waals surface area contributed by atoms with Crippen LogP contribution in [0.5, 0.6) is 0 Å². The van der Waals surface area contributed by atoms with Crippen LogP contribution in [0.15, 0.2) is 57.4 Å². The van der Waals surface area contributed by atoms with Crippen molar-refractivity contribution in [3.63, 3.8) is 0 Å². The molecule has 1 fully saturated rings. The minimum absolute atomic E-state index is 0.0515. The van der Waals surface area contributed by atoms with Crippen LogP contribution in [0.25, 0.3) is 45.1 Å². The van der Waals surface area contributed by atoms with E-state index < -0.39 is 0 Å². The maximum atomic E-state index is 13.1. The summed E-state index contributed by atoms with van der Waals surface area (Å²) in [4.78, 5) is 38.0. The molecule has 0 aliphatic carbocycles. The number of terminal acetylenes is 1. The van der Waals surface area contributed by atoms with Crippen LogP contribution < -0.4 is 0 Å². The van der Waals surface area contributed by atoms with Gasteiger partial charge in [-0.1, -0.05) is 30.2 Å². The maximum absolute atomic E-state index is 13.1. The molecule has 8 heteroatoms. The van der Waals surface area contributed by atoms with Crippen LogP contribution in [0, 0.1) is 26.2 Å². The molecule has 4 heterocycles. The van der Waals surface area contributed by atoms with Gasteiger partial charge in [0, 0.05) is 16.7 Å². The van der Waals surface area contributed by atoms with Crippen molar-refractivity contribution < 1.29 is 18.4 Å². The first-order chi connectivity index (χ1) is 20.9. The number of oxazole rings is 2. The van der Waals surface area contributed by atoms with Crippen molar-refractivity contribution in [2.75, 3.05) is 13.6 Å². The molecule has 0 unspecified atom stereocenters. The van der Waals surface area contributed by atoms with Gasteiger partial charge in [-0.05, 0) is 86.8 Å². The van der Waals surface area contributed by atoms with Crippen LogP contribution >= 0.6 is 0 Å². The Morgan fingerprint density at radius 3 is 2.26 bits per heavy atom. The number of hydrogen-bond acceptors (Lipinski definition) is 7. The molecule has 0 saturated carbocycles. The lowest BCUT2D eigenvalue weighted by atomic mass is 9.91. The van der Waals surface area contributed by atoms with Crippen molar-refractivity contribution in [1.29, 1.82) is 0 Å². The molecule has 1 atom stereocenters. The fraction of sp³-hybridized carbons (Fsp3) is 0.257. The van der Waals surface area contributed by atoms with Crippen LogP contribution in [0.3, 0.4) is 0 Å². The molecule has 8 nitrogen and oxygen atoms in total. The van der Waals surface area contributed by atoms with Gasteiger partial charge in [-0.25, -0.2) is 9.97 Å². The lowest BCUT2D eigenvalue weighted by Crippen LogP contribution is -2.42. The van der Waals surface area contributed by atoms with E-state index in [1.54, 1.807) is 12.1 Å².